The molecule has 1 aliphatic rings. The second-order valence-corrected chi connectivity index (χ2v) is 12.7. The highest BCUT2D eigenvalue weighted by Crippen LogP contribution is 2.86. The maximum absolute atomic E-state index is 2.28. The summed E-state index contributed by atoms with van der Waals surface area (Å²) >= 11 is 4.27. The van der Waals surface area contributed by atoms with Crippen molar-refractivity contribution in [2.75, 3.05) is 5.08 Å². The first kappa shape index (κ1) is 10.7. The Hall–Kier alpha value is -0.430. The summed E-state index contributed by atoms with van der Waals surface area (Å²) in [7, 11) is 0. The molecule has 3 rings (SSSR count). The van der Waals surface area contributed by atoms with E-state index in [0.29, 0.717) is 0 Å². The Labute approximate surface area is 105 Å². The first-order valence-corrected chi connectivity index (χ1v) is 10.2. The van der Waals surface area contributed by atoms with Gasteiger partial charge in [-0.05, 0) is 24.3 Å². The lowest BCUT2D eigenvalue weighted by molar-refractivity contribution is 1.76. The third-order valence-corrected chi connectivity index (χ3v) is 14.7. The minimum absolute atomic E-state index is 1.14. The lowest BCUT2D eigenvalue weighted by Gasteiger charge is -2.29. The predicted molar refractivity (Wildman–Crippen MR) is 79.1 cm³/mol. The molecule has 0 saturated carbocycles. The van der Waals surface area contributed by atoms with E-state index in [1.54, 1.807) is 0 Å². The molecule has 0 nitrogen and oxygen atoms in total. The van der Waals surface area contributed by atoms with Gasteiger partial charge in [-0.2, -0.15) is 0 Å². The van der Waals surface area contributed by atoms with E-state index in [9.17, 15) is 0 Å². The van der Waals surface area contributed by atoms with Crippen LogP contribution in [0.5, 0.6) is 0 Å². The minimum atomic E-state index is -1.14. The van der Waals surface area contributed by atoms with E-state index in [1.807, 2.05) is 0 Å². The maximum atomic E-state index is 2.28. The number of benzene rings is 2. The Morgan fingerprint density at radius 2 is 1.12 bits per heavy atom. The van der Waals surface area contributed by atoms with Crippen LogP contribution in [0, 0.1) is 0 Å². The number of hydrogen-bond acceptors (Lipinski definition) is 2. The average molecular weight is 263 g/mol. The molecule has 0 N–H and O–H groups in total. The van der Waals surface area contributed by atoms with Gasteiger partial charge in [0.2, 0.25) is 0 Å². The molecule has 0 aliphatic carbocycles. The average Bonchev–Trinajstić information content (AvgIpc) is 2.31. The lowest BCUT2D eigenvalue weighted by Crippen LogP contribution is -2.21. The fourth-order valence-corrected chi connectivity index (χ4v) is 11.2. The highest BCUT2D eigenvalue weighted by atomic mass is 33.1. The molecule has 0 amide bonds. The van der Waals surface area contributed by atoms with E-state index >= 15 is 0 Å². The lowest BCUT2D eigenvalue weighted by atomic mass is 10.4. The van der Waals surface area contributed by atoms with Crippen molar-refractivity contribution in [1.82, 2.24) is 0 Å². The Kier molecular flexibility index (Phi) is 2.97. The van der Waals surface area contributed by atoms with Gasteiger partial charge in [0.25, 0.3) is 0 Å². The van der Waals surface area contributed by atoms with E-state index in [4.69, 9.17) is 0 Å². The number of hydrogen-bond donors (Lipinski definition) is 0. The Bertz CT molecular complexity index is 424. The van der Waals surface area contributed by atoms with Crippen LogP contribution in [0.25, 0.3) is 0 Å². The molecule has 0 radical (unpaired) electrons. The summed E-state index contributed by atoms with van der Waals surface area (Å²) in [5.41, 5.74) is -1.14. The molecule has 1 aliphatic heterocycles. The van der Waals surface area contributed by atoms with E-state index in [1.165, 1.54) is 15.7 Å². The Morgan fingerprint density at radius 1 is 0.688 bits per heavy atom. The molecule has 0 aromatic heterocycles. The summed E-state index contributed by atoms with van der Waals surface area (Å²) in [6.45, 7) is 0. The van der Waals surface area contributed by atoms with Crippen LogP contribution in [0.15, 0.2) is 60.7 Å². The van der Waals surface area contributed by atoms with Gasteiger partial charge < -0.3 is 0 Å². The molecule has 1 heterocycles. The smallest absolute Gasteiger partial charge is 0.0620 e. The van der Waals surface area contributed by atoms with Gasteiger partial charge in [0, 0.05) is 0 Å². The fraction of sp³-hybridized carbons (Fsp3) is 0.0769. The maximum Gasteiger partial charge on any atom is 0.198 e. The predicted octanol–water partition coefficient (Wildman–Crippen LogP) is 3.92. The van der Waals surface area contributed by atoms with Crippen LogP contribution in [0.3, 0.4) is 0 Å². The van der Waals surface area contributed by atoms with Crippen molar-refractivity contribution in [2.24, 2.45) is 0 Å². The Balaban J connectivity index is 2.08. The number of rotatable bonds is 2. The molecule has 3 heteroatoms. The van der Waals surface area contributed by atoms with Gasteiger partial charge in [-0.25, -0.2) is 0 Å². The third-order valence-electron chi connectivity index (χ3n) is 2.66. The van der Waals surface area contributed by atoms with Crippen molar-refractivity contribution in [1.29, 1.82) is 0 Å². The molecule has 2 aromatic carbocycles. The molecule has 80 valence electrons. The first-order chi connectivity index (χ1) is 7.92. The molecule has 1 saturated heterocycles. The van der Waals surface area contributed by atoms with Crippen LogP contribution in [-0.4, -0.2) is 5.08 Å². The van der Waals surface area contributed by atoms with Gasteiger partial charge in [-0.15, -0.1) is 0 Å². The van der Waals surface area contributed by atoms with Gasteiger partial charge >= 0.3 is 0 Å². The van der Waals surface area contributed by atoms with Crippen molar-refractivity contribution >= 4 is 39.0 Å². The second-order valence-electron chi connectivity index (χ2n) is 3.60. The topological polar surface area (TPSA) is 0 Å². The molecule has 16 heavy (non-hydrogen) atoms. The van der Waals surface area contributed by atoms with Gasteiger partial charge in [-0.1, -0.05) is 36.4 Å². The van der Waals surface area contributed by atoms with Gasteiger partial charge in [0.05, 0.1) is 22.8 Å². The van der Waals surface area contributed by atoms with Gasteiger partial charge in [-0.3, -0.25) is 0 Å². The van der Waals surface area contributed by atoms with E-state index in [-0.39, 0.29) is 0 Å². The molecular formula is C13H12PS2+. The highest BCUT2D eigenvalue weighted by Gasteiger charge is 2.53. The zero-order chi connectivity index (χ0) is 10.8. The summed E-state index contributed by atoms with van der Waals surface area (Å²) in [4.78, 5) is 0. The molecule has 1 fully saturated rings. The van der Waals surface area contributed by atoms with Crippen LogP contribution in [-0.2, 0) is 0 Å². The van der Waals surface area contributed by atoms with E-state index in [0.717, 1.165) is 0 Å². The zero-order valence-electron chi connectivity index (χ0n) is 8.74. The van der Waals surface area contributed by atoms with Crippen molar-refractivity contribution in [3.05, 3.63) is 60.7 Å². The van der Waals surface area contributed by atoms with Gasteiger partial charge in [0.1, 0.15) is 15.7 Å². The molecule has 0 bridgehead atoms. The summed E-state index contributed by atoms with van der Waals surface area (Å²) in [6.07, 6.45) is 0. The summed E-state index contributed by atoms with van der Waals surface area (Å²) < 4.78 is 0. The third kappa shape index (κ3) is 1.69. The quantitative estimate of drug-likeness (QED) is 0.753. The van der Waals surface area contributed by atoms with Crippen LogP contribution >= 0.6 is 28.4 Å². The second kappa shape index (κ2) is 4.44. The van der Waals surface area contributed by atoms with E-state index in [2.05, 4.69) is 83.4 Å². The highest BCUT2D eigenvalue weighted by molar-refractivity contribution is 9.07. The SMILES string of the molecule is c1ccc([P+]2(c3ccccc3)SCS2)cc1. The van der Waals surface area contributed by atoms with Crippen LogP contribution in [0.4, 0.5) is 0 Å². The summed E-state index contributed by atoms with van der Waals surface area (Å²) in [5, 5.41) is 4.27. The summed E-state index contributed by atoms with van der Waals surface area (Å²) in [6, 6.07) is 21.9. The first-order valence-electron chi connectivity index (χ1n) is 5.21. The molecule has 0 unspecified atom stereocenters. The molecule has 0 spiro atoms. The standard InChI is InChI=1S/C13H12PS2/c1-3-7-12(8-4-1)14(15-11-16-14)13-9-5-2-6-10-13/h1-10H,11H2/q+1. The van der Waals surface area contributed by atoms with Crippen molar-refractivity contribution in [3.63, 3.8) is 0 Å². The zero-order valence-corrected chi connectivity index (χ0v) is 11.3. The summed E-state index contributed by atoms with van der Waals surface area (Å²) in [5.74, 6) is 0. The molecular weight excluding hydrogens is 251 g/mol. The van der Waals surface area contributed by atoms with Crippen molar-refractivity contribution in [2.45, 2.75) is 0 Å². The monoisotopic (exact) mass is 263 g/mol. The van der Waals surface area contributed by atoms with Crippen LogP contribution in [0.1, 0.15) is 0 Å². The fourth-order valence-electron chi connectivity index (χ4n) is 1.85. The largest absolute Gasteiger partial charge is 0.198 e. The van der Waals surface area contributed by atoms with Gasteiger partial charge in [0.15, 0.2) is 5.67 Å². The van der Waals surface area contributed by atoms with E-state index < -0.39 is 5.67 Å². The van der Waals surface area contributed by atoms with Crippen molar-refractivity contribution in [3.8, 4) is 0 Å². The normalized spacial score (nSPS) is 17.8. The minimum Gasteiger partial charge on any atom is -0.0620 e. The van der Waals surface area contributed by atoms with Crippen molar-refractivity contribution < 1.29 is 0 Å². The van der Waals surface area contributed by atoms with Crippen LogP contribution in [0.2, 0.25) is 0 Å². The van der Waals surface area contributed by atoms with Crippen LogP contribution < -0.4 is 10.6 Å². The molecule has 0 atom stereocenters. The molecule has 2 aromatic rings. The Morgan fingerprint density at radius 3 is 1.44 bits per heavy atom.